The van der Waals surface area contributed by atoms with Crippen LogP contribution in [0.1, 0.15) is 42.1 Å². The number of rotatable bonds is 4. The quantitative estimate of drug-likeness (QED) is 0.897. The highest BCUT2D eigenvalue weighted by Crippen LogP contribution is 2.45. The van der Waals surface area contributed by atoms with Gasteiger partial charge in [-0.05, 0) is 34.1 Å². The number of fused-ring (bicyclic) bond motifs is 1. The van der Waals surface area contributed by atoms with E-state index in [1.54, 1.807) is 0 Å². The van der Waals surface area contributed by atoms with Crippen molar-refractivity contribution in [3.63, 3.8) is 0 Å². The SMILES string of the molecule is CC1(C)Cc2ccccc2C1NCc1cccc(CO)c1. The van der Waals surface area contributed by atoms with Gasteiger partial charge in [-0.2, -0.15) is 0 Å². The van der Waals surface area contributed by atoms with Crippen molar-refractivity contribution in [2.75, 3.05) is 0 Å². The van der Waals surface area contributed by atoms with E-state index in [0.717, 1.165) is 18.5 Å². The molecule has 0 aliphatic heterocycles. The Balaban J connectivity index is 1.77. The van der Waals surface area contributed by atoms with Gasteiger partial charge in [0.15, 0.2) is 0 Å². The van der Waals surface area contributed by atoms with Crippen LogP contribution in [0, 0.1) is 5.41 Å². The molecule has 2 aromatic rings. The zero-order valence-corrected chi connectivity index (χ0v) is 12.8. The Kier molecular flexibility index (Phi) is 3.83. The molecule has 0 radical (unpaired) electrons. The summed E-state index contributed by atoms with van der Waals surface area (Å²) in [7, 11) is 0. The lowest BCUT2D eigenvalue weighted by atomic mass is 9.85. The summed E-state index contributed by atoms with van der Waals surface area (Å²) in [6.45, 7) is 5.59. The molecule has 1 unspecified atom stereocenters. The van der Waals surface area contributed by atoms with Gasteiger partial charge < -0.3 is 10.4 Å². The van der Waals surface area contributed by atoms with Gasteiger partial charge in [0.25, 0.3) is 0 Å². The van der Waals surface area contributed by atoms with E-state index in [1.807, 2.05) is 12.1 Å². The molecule has 2 heteroatoms. The third-order valence-corrected chi connectivity index (χ3v) is 4.48. The zero-order chi connectivity index (χ0) is 14.9. The van der Waals surface area contributed by atoms with Crippen LogP contribution >= 0.6 is 0 Å². The molecule has 0 aromatic heterocycles. The summed E-state index contributed by atoms with van der Waals surface area (Å²) in [5.41, 5.74) is 5.32. The first-order chi connectivity index (χ1) is 10.1. The minimum absolute atomic E-state index is 0.103. The third-order valence-electron chi connectivity index (χ3n) is 4.48. The standard InChI is InChI=1S/C19H23NO/c1-19(2)11-16-8-3-4-9-17(16)18(19)20-12-14-6-5-7-15(10-14)13-21/h3-10,18,20-21H,11-13H2,1-2H3. The van der Waals surface area contributed by atoms with Gasteiger partial charge in [-0.3, -0.25) is 0 Å². The largest absolute Gasteiger partial charge is 0.392 e. The van der Waals surface area contributed by atoms with Gasteiger partial charge in [0.05, 0.1) is 6.61 Å². The first-order valence-electron chi connectivity index (χ1n) is 7.60. The van der Waals surface area contributed by atoms with Crippen molar-refractivity contribution in [3.8, 4) is 0 Å². The van der Waals surface area contributed by atoms with Crippen molar-refractivity contribution in [2.24, 2.45) is 5.41 Å². The fourth-order valence-electron chi connectivity index (χ4n) is 3.43. The molecule has 1 atom stereocenters. The summed E-state index contributed by atoms with van der Waals surface area (Å²) in [4.78, 5) is 0. The summed E-state index contributed by atoms with van der Waals surface area (Å²) < 4.78 is 0. The lowest BCUT2D eigenvalue weighted by Gasteiger charge is -2.29. The molecule has 0 fully saturated rings. The molecule has 3 rings (SSSR count). The van der Waals surface area contributed by atoms with Crippen molar-refractivity contribution >= 4 is 0 Å². The molecule has 1 aliphatic carbocycles. The van der Waals surface area contributed by atoms with E-state index in [4.69, 9.17) is 0 Å². The molecule has 0 saturated heterocycles. The molecule has 2 nitrogen and oxygen atoms in total. The summed E-state index contributed by atoms with van der Waals surface area (Å²) in [6.07, 6.45) is 1.12. The number of hydrogen-bond donors (Lipinski definition) is 2. The van der Waals surface area contributed by atoms with Crippen LogP contribution in [0.2, 0.25) is 0 Å². The van der Waals surface area contributed by atoms with E-state index in [9.17, 15) is 5.11 Å². The van der Waals surface area contributed by atoms with Crippen LogP contribution in [-0.4, -0.2) is 5.11 Å². The number of aliphatic hydroxyl groups excluding tert-OH is 1. The van der Waals surface area contributed by atoms with E-state index >= 15 is 0 Å². The smallest absolute Gasteiger partial charge is 0.0681 e. The van der Waals surface area contributed by atoms with Crippen molar-refractivity contribution < 1.29 is 5.11 Å². The highest BCUT2D eigenvalue weighted by molar-refractivity contribution is 5.37. The summed E-state index contributed by atoms with van der Waals surface area (Å²) in [5, 5.41) is 12.9. The van der Waals surface area contributed by atoms with Crippen LogP contribution in [0.4, 0.5) is 0 Å². The Bertz CT molecular complexity index is 633. The Morgan fingerprint density at radius 3 is 2.67 bits per heavy atom. The highest BCUT2D eigenvalue weighted by Gasteiger charge is 2.38. The van der Waals surface area contributed by atoms with E-state index in [-0.39, 0.29) is 12.0 Å². The zero-order valence-electron chi connectivity index (χ0n) is 12.8. The van der Waals surface area contributed by atoms with E-state index in [0.29, 0.717) is 6.04 Å². The molecular weight excluding hydrogens is 258 g/mol. The van der Waals surface area contributed by atoms with Crippen LogP contribution in [0.5, 0.6) is 0 Å². The fourth-order valence-corrected chi connectivity index (χ4v) is 3.43. The van der Waals surface area contributed by atoms with Crippen LogP contribution < -0.4 is 5.32 Å². The van der Waals surface area contributed by atoms with Crippen molar-refractivity contribution in [1.29, 1.82) is 0 Å². The normalized spacial score (nSPS) is 19.5. The Hall–Kier alpha value is -1.64. The molecule has 21 heavy (non-hydrogen) atoms. The molecule has 0 heterocycles. The van der Waals surface area contributed by atoms with Gasteiger partial charge in [-0.25, -0.2) is 0 Å². The van der Waals surface area contributed by atoms with Crippen molar-refractivity contribution in [2.45, 2.75) is 39.5 Å². The monoisotopic (exact) mass is 281 g/mol. The maximum Gasteiger partial charge on any atom is 0.0681 e. The Morgan fingerprint density at radius 2 is 1.86 bits per heavy atom. The van der Waals surface area contributed by atoms with E-state index in [2.05, 4.69) is 55.6 Å². The maximum atomic E-state index is 9.23. The molecule has 0 spiro atoms. The topological polar surface area (TPSA) is 32.3 Å². The van der Waals surface area contributed by atoms with Gasteiger partial charge in [-0.1, -0.05) is 62.4 Å². The first kappa shape index (κ1) is 14.3. The molecule has 0 saturated carbocycles. The molecule has 110 valence electrons. The third kappa shape index (κ3) is 2.87. The Morgan fingerprint density at radius 1 is 1.10 bits per heavy atom. The molecule has 2 aromatic carbocycles. The lowest BCUT2D eigenvalue weighted by molar-refractivity contribution is 0.267. The molecular formula is C19H23NO. The average Bonchev–Trinajstić information content (AvgIpc) is 2.75. The van der Waals surface area contributed by atoms with Crippen LogP contribution in [-0.2, 0) is 19.6 Å². The highest BCUT2D eigenvalue weighted by atomic mass is 16.3. The van der Waals surface area contributed by atoms with Crippen LogP contribution in [0.25, 0.3) is 0 Å². The number of nitrogens with one attached hydrogen (secondary N) is 1. The van der Waals surface area contributed by atoms with Gasteiger partial charge in [0.1, 0.15) is 0 Å². The fraction of sp³-hybridized carbons (Fsp3) is 0.368. The summed E-state index contributed by atoms with van der Waals surface area (Å²) >= 11 is 0. The van der Waals surface area contributed by atoms with E-state index < -0.39 is 0 Å². The number of benzene rings is 2. The predicted molar refractivity (Wildman–Crippen MR) is 85.9 cm³/mol. The molecule has 0 bridgehead atoms. The average molecular weight is 281 g/mol. The minimum Gasteiger partial charge on any atom is -0.392 e. The second-order valence-electron chi connectivity index (χ2n) is 6.66. The number of aliphatic hydroxyl groups is 1. The summed E-state index contributed by atoms with van der Waals surface area (Å²) in [5.74, 6) is 0. The second-order valence-corrected chi connectivity index (χ2v) is 6.66. The second kappa shape index (κ2) is 5.63. The van der Waals surface area contributed by atoms with Crippen LogP contribution in [0.3, 0.4) is 0 Å². The van der Waals surface area contributed by atoms with Crippen molar-refractivity contribution in [1.82, 2.24) is 5.32 Å². The number of hydrogen-bond acceptors (Lipinski definition) is 2. The lowest BCUT2D eigenvalue weighted by Crippen LogP contribution is -2.30. The van der Waals surface area contributed by atoms with Crippen molar-refractivity contribution in [3.05, 3.63) is 70.8 Å². The molecule has 2 N–H and O–H groups in total. The van der Waals surface area contributed by atoms with Gasteiger partial charge in [0.2, 0.25) is 0 Å². The minimum atomic E-state index is 0.103. The molecule has 1 aliphatic rings. The van der Waals surface area contributed by atoms with E-state index in [1.165, 1.54) is 16.7 Å². The maximum absolute atomic E-state index is 9.23. The first-order valence-corrected chi connectivity index (χ1v) is 7.60. The predicted octanol–water partition coefficient (Wildman–Crippen LogP) is 3.59. The molecule has 0 amide bonds. The van der Waals surface area contributed by atoms with Gasteiger partial charge >= 0.3 is 0 Å². The van der Waals surface area contributed by atoms with Gasteiger partial charge in [0, 0.05) is 12.6 Å². The van der Waals surface area contributed by atoms with Crippen LogP contribution in [0.15, 0.2) is 48.5 Å². The Labute approximate surface area is 126 Å². The van der Waals surface area contributed by atoms with Gasteiger partial charge in [-0.15, -0.1) is 0 Å². The summed E-state index contributed by atoms with van der Waals surface area (Å²) in [6, 6.07) is 17.3.